The number of aryl methyl sites for hydroxylation is 3. The molecular formula is C29H34N2S4. The Morgan fingerprint density at radius 1 is 0.714 bits per heavy atom. The van der Waals surface area contributed by atoms with E-state index in [4.69, 9.17) is 24.4 Å². The Morgan fingerprint density at radius 3 is 1.77 bits per heavy atom. The number of rotatable bonds is 10. The van der Waals surface area contributed by atoms with Gasteiger partial charge in [-0.15, -0.1) is 0 Å². The van der Waals surface area contributed by atoms with Crippen molar-refractivity contribution in [3.63, 3.8) is 0 Å². The van der Waals surface area contributed by atoms with Crippen LogP contribution in [0.25, 0.3) is 0 Å². The van der Waals surface area contributed by atoms with Gasteiger partial charge in [-0.2, -0.15) is 0 Å². The van der Waals surface area contributed by atoms with Crippen LogP contribution >= 0.6 is 48.0 Å². The van der Waals surface area contributed by atoms with E-state index >= 15 is 0 Å². The Labute approximate surface area is 230 Å². The van der Waals surface area contributed by atoms with Gasteiger partial charge in [-0.1, -0.05) is 117 Å². The molecule has 0 amide bonds. The van der Waals surface area contributed by atoms with Gasteiger partial charge in [0.25, 0.3) is 0 Å². The number of thioether (sulfide) groups is 2. The van der Waals surface area contributed by atoms with Crippen molar-refractivity contribution in [2.45, 2.75) is 69.1 Å². The van der Waals surface area contributed by atoms with Crippen molar-refractivity contribution in [2.24, 2.45) is 0 Å². The molecule has 184 valence electrons. The maximum atomic E-state index is 5.72. The minimum Gasteiger partial charge on any atom is -0.341 e. The third kappa shape index (κ3) is 8.94. The predicted octanol–water partition coefficient (Wildman–Crippen LogP) is 9.66. The monoisotopic (exact) mass is 538 g/mol. The third-order valence-electron chi connectivity index (χ3n) is 5.67. The second-order valence-corrected chi connectivity index (χ2v) is 11.9. The molecular weight excluding hydrogens is 505 g/mol. The van der Waals surface area contributed by atoms with E-state index in [1.165, 1.54) is 46.6 Å². The van der Waals surface area contributed by atoms with Gasteiger partial charge in [-0.3, -0.25) is 0 Å². The van der Waals surface area contributed by atoms with Crippen LogP contribution in [0.15, 0.2) is 76.5 Å². The minimum atomic E-state index is 0.741. The summed E-state index contributed by atoms with van der Waals surface area (Å²) in [4.78, 5) is 2.45. The molecule has 0 aliphatic heterocycles. The highest BCUT2D eigenvalue weighted by molar-refractivity contribution is 8.23. The first-order chi connectivity index (χ1) is 17.0. The summed E-state index contributed by atoms with van der Waals surface area (Å²) in [5, 5.41) is 6.84. The van der Waals surface area contributed by atoms with Crippen molar-refractivity contribution in [1.29, 1.82) is 0 Å². The molecule has 0 aromatic heterocycles. The molecule has 0 saturated heterocycles. The average molecular weight is 539 g/mol. The van der Waals surface area contributed by atoms with Gasteiger partial charge in [-0.05, 0) is 73.6 Å². The van der Waals surface area contributed by atoms with E-state index in [0.717, 1.165) is 38.4 Å². The first-order valence-electron chi connectivity index (χ1n) is 12.2. The van der Waals surface area contributed by atoms with Crippen molar-refractivity contribution < 1.29 is 0 Å². The molecule has 0 heterocycles. The van der Waals surface area contributed by atoms with E-state index < -0.39 is 0 Å². The molecule has 0 radical (unpaired) electrons. The Morgan fingerprint density at radius 2 is 1.23 bits per heavy atom. The van der Waals surface area contributed by atoms with Crippen LogP contribution < -0.4 is 10.6 Å². The zero-order valence-corrected chi connectivity index (χ0v) is 24.0. The molecule has 0 fully saturated rings. The molecule has 6 heteroatoms. The molecule has 0 saturated carbocycles. The number of nitrogens with one attached hydrogen (secondary N) is 2. The van der Waals surface area contributed by atoms with Crippen LogP contribution in [0, 0.1) is 6.92 Å². The van der Waals surface area contributed by atoms with E-state index in [1.807, 2.05) is 0 Å². The molecule has 2 nitrogen and oxygen atoms in total. The smallest absolute Gasteiger partial charge is 0.143 e. The number of benzene rings is 3. The molecule has 0 aliphatic rings. The Hall–Kier alpha value is -1.86. The normalized spacial score (nSPS) is 10.7. The molecule has 0 atom stereocenters. The molecule has 0 bridgehead atoms. The van der Waals surface area contributed by atoms with E-state index in [-0.39, 0.29) is 0 Å². The van der Waals surface area contributed by atoms with Gasteiger partial charge in [0.1, 0.15) is 8.64 Å². The first-order valence-corrected chi connectivity index (χ1v) is 14.7. The van der Waals surface area contributed by atoms with Crippen molar-refractivity contribution >= 4 is 68.0 Å². The maximum Gasteiger partial charge on any atom is 0.143 e. The van der Waals surface area contributed by atoms with Gasteiger partial charge in [0.15, 0.2) is 0 Å². The highest BCUT2D eigenvalue weighted by atomic mass is 32.2. The standard InChI is InChI=1S/C29H34N2S4/c1-4-6-12-22-14-8-10-16-26(22)34-28(32)30-24-19-18-21(3)25(20-24)31-29(33)35-27-17-11-9-15-23(27)13-7-5-2/h8-11,14-20H,4-7,12-13H2,1-3H3,(H,30,32)(H,31,33). The quantitative estimate of drug-likeness (QED) is 0.197. The highest BCUT2D eigenvalue weighted by Gasteiger charge is 2.10. The Balaban J connectivity index is 1.64. The van der Waals surface area contributed by atoms with Gasteiger partial charge >= 0.3 is 0 Å². The summed E-state index contributed by atoms with van der Waals surface area (Å²) in [6, 6.07) is 23.3. The molecule has 3 aromatic carbocycles. The Kier molecular flexibility index (Phi) is 11.6. The summed E-state index contributed by atoms with van der Waals surface area (Å²) in [6.45, 7) is 6.53. The van der Waals surface area contributed by atoms with Gasteiger partial charge in [0.2, 0.25) is 0 Å². The Bertz CT molecular complexity index is 1140. The zero-order chi connectivity index (χ0) is 25.0. The number of hydrogen-bond donors (Lipinski definition) is 2. The highest BCUT2D eigenvalue weighted by Crippen LogP contribution is 2.30. The van der Waals surface area contributed by atoms with E-state index in [1.54, 1.807) is 23.5 Å². The van der Waals surface area contributed by atoms with Crippen LogP contribution in [0.4, 0.5) is 11.4 Å². The summed E-state index contributed by atoms with van der Waals surface area (Å²) >= 11 is 14.7. The minimum absolute atomic E-state index is 0.741. The van der Waals surface area contributed by atoms with Crippen molar-refractivity contribution in [3.05, 3.63) is 83.4 Å². The topological polar surface area (TPSA) is 24.1 Å². The molecule has 0 spiro atoms. The lowest BCUT2D eigenvalue weighted by Gasteiger charge is -2.15. The molecule has 3 rings (SSSR count). The lowest BCUT2D eigenvalue weighted by Crippen LogP contribution is -2.09. The van der Waals surface area contributed by atoms with Crippen LogP contribution in [0.1, 0.15) is 56.2 Å². The van der Waals surface area contributed by atoms with Crippen LogP contribution in [0.5, 0.6) is 0 Å². The second kappa shape index (κ2) is 14.6. The molecule has 2 N–H and O–H groups in total. The van der Waals surface area contributed by atoms with Crippen molar-refractivity contribution in [1.82, 2.24) is 0 Å². The lowest BCUT2D eigenvalue weighted by molar-refractivity contribution is 0.785. The van der Waals surface area contributed by atoms with E-state index in [0.29, 0.717) is 0 Å². The summed E-state index contributed by atoms with van der Waals surface area (Å²) in [7, 11) is 0. The average Bonchev–Trinajstić information content (AvgIpc) is 2.85. The summed E-state index contributed by atoms with van der Waals surface area (Å²) in [6.07, 6.45) is 6.91. The number of anilines is 2. The number of hydrogen-bond acceptors (Lipinski definition) is 4. The van der Waals surface area contributed by atoms with Crippen molar-refractivity contribution in [2.75, 3.05) is 10.6 Å². The molecule has 35 heavy (non-hydrogen) atoms. The molecule has 0 unspecified atom stereocenters. The summed E-state index contributed by atoms with van der Waals surface area (Å²) in [5.41, 5.74) is 5.81. The molecule has 3 aromatic rings. The van der Waals surface area contributed by atoms with Crippen LogP contribution in [0.2, 0.25) is 0 Å². The lowest BCUT2D eigenvalue weighted by atomic mass is 10.1. The summed E-state index contributed by atoms with van der Waals surface area (Å²) < 4.78 is 1.49. The van der Waals surface area contributed by atoms with E-state index in [9.17, 15) is 0 Å². The van der Waals surface area contributed by atoms with Gasteiger partial charge < -0.3 is 10.6 Å². The SMILES string of the molecule is CCCCc1ccccc1SC(=S)Nc1ccc(C)c(NC(=S)Sc2ccccc2CCCC)c1. The fourth-order valence-corrected chi connectivity index (χ4v) is 6.06. The van der Waals surface area contributed by atoms with Crippen LogP contribution in [0.3, 0.4) is 0 Å². The van der Waals surface area contributed by atoms with Gasteiger partial charge in [-0.25, -0.2) is 0 Å². The third-order valence-corrected chi connectivity index (χ3v) is 8.19. The summed E-state index contributed by atoms with van der Waals surface area (Å²) in [5.74, 6) is 0. The van der Waals surface area contributed by atoms with Crippen LogP contribution in [-0.2, 0) is 12.8 Å². The second-order valence-electron chi connectivity index (χ2n) is 8.48. The predicted molar refractivity (Wildman–Crippen MR) is 165 cm³/mol. The van der Waals surface area contributed by atoms with Crippen LogP contribution in [-0.4, -0.2) is 8.64 Å². The molecule has 0 aliphatic carbocycles. The largest absolute Gasteiger partial charge is 0.341 e. The number of unbranched alkanes of at least 4 members (excludes halogenated alkanes) is 2. The fraction of sp³-hybridized carbons (Fsp3) is 0.310. The fourth-order valence-electron chi connectivity index (χ4n) is 3.67. The number of thiocarbonyl (C=S) groups is 2. The van der Waals surface area contributed by atoms with Gasteiger partial charge in [0, 0.05) is 21.2 Å². The van der Waals surface area contributed by atoms with Crippen molar-refractivity contribution in [3.8, 4) is 0 Å². The first kappa shape index (κ1) is 27.7. The zero-order valence-electron chi connectivity index (χ0n) is 20.7. The van der Waals surface area contributed by atoms with Gasteiger partial charge in [0.05, 0.1) is 0 Å². The van der Waals surface area contributed by atoms with E-state index in [2.05, 4.69) is 98.1 Å². The maximum absolute atomic E-state index is 5.72.